The Kier molecular flexibility index (Phi) is 6.84. The summed E-state index contributed by atoms with van der Waals surface area (Å²) in [4.78, 5) is 0. The molecule has 2 N–H and O–H groups in total. The first-order valence-corrected chi connectivity index (χ1v) is 7.61. The van der Waals surface area contributed by atoms with E-state index in [1.54, 1.807) is 0 Å². The largest absolute Gasteiger partial charge is 0.493 e. The molecule has 114 valence electrons. The molecule has 2 rings (SSSR count). The molecule has 0 bridgehead atoms. The average Bonchev–Trinajstić information content (AvgIpc) is 3.20. The average molecular weight is 298 g/mol. The van der Waals surface area contributed by atoms with Crippen LogP contribution in [-0.4, -0.2) is 12.6 Å². The van der Waals surface area contributed by atoms with Gasteiger partial charge in [-0.3, -0.25) is 0 Å². The molecule has 0 heterocycles. The van der Waals surface area contributed by atoms with Crippen molar-refractivity contribution in [3.8, 4) is 5.75 Å². The van der Waals surface area contributed by atoms with Gasteiger partial charge in [-0.2, -0.15) is 0 Å². The second-order valence-electron chi connectivity index (χ2n) is 6.15. The Morgan fingerprint density at radius 3 is 2.55 bits per heavy atom. The number of benzene rings is 1. The molecule has 1 unspecified atom stereocenters. The summed E-state index contributed by atoms with van der Waals surface area (Å²) in [5.74, 6) is 2.38. The van der Waals surface area contributed by atoms with Crippen molar-refractivity contribution < 1.29 is 4.74 Å². The van der Waals surface area contributed by atoms with Gasteiger partial charge in [0.05, 0.1) is 6.61 Å². The zero-order chi connectivity index (χ0) is 13.8. The predicted molar refractivity (Wildman–Crippen MR) is 88.0 cm³/mol. The Morgan fingerprint density at radius 2 is 2.00 bits per heavy atom. The summed E-state index contributed by atoms with van der Waals surface area (Å²) in [5, 5.41) is 0. The van der Waals surface area contributed by atoms with Crippen LogP contribution < -0.4 is 10.5 Å². The normalized spacial score (nSPS) is 15.8. The lowest BCUT2D eigenvalue weighted by atomic mass is 9.96. The molecule has 0 saturated heterocycles. The Hall–Kier alpha value is -0.730. The molecule has 0 aromatic heterocycles. The van der Waals surface area contributed by atoms with Gasteiger partial charge in [0.15, 0.2) is 0 Å². The molecule has 1 saturated carbocycles. The van der Waals surface area contributed by atoms with Gasteiger partial charge in [0, 0.05) is 6.04 Å². The fourth-order valence-corrected chi connectivity index (χ4v) is 2.18. The minimum absolute atomic E-state index is 0. The van der Waals surface area contributed by atoms with Crippen molar-refractivity contribution in [3.05, 3.63) is 29.3 Å². The summed E-state index contributed by atoms with van der Waals surface area (Å²) in [6.07, 6.45) is 4.58. The third-order valence-electron chi connectivity index (χ3n) is 3.93. The second-order valence-corrected chi connectivity index (χ2v) is 6.15. The maximum Gasteiger partial charge on any atom is 0.122 e. The number of ether oxygens (including phenoxy) is 1. The molecular weight excluding hydrogens is 270 g/mol. The molecule has 2 nitrogen and oxygen atoms in total. The maximum absolute atomic E-state index is 6.11. The highest BCUT2D eigenvalue weighted by Gasteiger charge is 2.22. The van der Waals surface area contributed by atoms with Gasteiger partial charge < -0.3 is 10.5 Å². The molecule has 20 heavy (non-hydrogen) atoms. The van der Waals surface area contributed by atoms with Gasteiger partial charge in [0.2, 0.25) is 0 Å². The second kappa shape index (κ2) is 7.90. The summed E-state index contributed by atoms with van der Waals surface area (Å²) in [7, 11) is 0. The van der Waals surface area contributed by atoms with Crippen LogP contribution in [0.4, 0.5) is 0 Å². The van der Waals surface area contributed by atoms with Crippen molar-refractivity contribution in [2.75, 3.05) is 6.61 Å². The highest BCUT2D eigenvalue weighted by atomic mass is 35.5. The van der Waals surface area contributed by atoms with Crippen LogP contribution in [0.25, 0.3) is 0 Å². The summed E-state index contributed by atoms with van der Waals surface area (Å²) in [6.45, 7) is 7.46. The summed E-state index contributed by atoms with van der Waals surface area (Å²) in [5.41, 5.74) is 8.76. The van der Waals surface area contributed by atoms with Gasteiger partial charge >= 0.3 is 0 Å². The van der Waals surface area contributed by atoms with Crippen LogP contribution in [0, 0.1) is 5.92 Å². The Labute approximate surface area is 129 Å². The van der Waals surface area contributed by atoms with Crippen LogP contribution >= 0.6 is 12.4 Å². The molecule has 0 amide bonds. The maximum atomic E-state index is 6.11. The van der Waals surface area contributed by atoms with Crippen LogP contribution in [0.3, 0.4) is 0 Å². The fourth-order valence-electron chi connectivity index (χ4n) is 2.18. The highest BCUT2D eigenvalue weighted by Crippen LogP contribution is 2.31. The predicted octanol–water partition coefficient (Wildman–Crippen LogP) is 4.30. The molecule has 0 aliphatic heterocycles. The van der Waals surface area contributed by atoms with E-state index in [1.165, 1.54) is 24.0 Å². The molecule has 0 radical (unpaired) electrons. The molecular formula is C17H28ClNO. The minimum atomic E-state index is 0. The van der Waals surface area contributed by atoms with E-state index >= 15 is 0 Å². The Balaban J connectivity index is 0.00000200. The van der Waals surface area contributed by atoms with E-state index in [-0.39, 0.29) is 18.4 Å². The zero-order valence-corrected chi connectivity index (χ0v) is 13.7. The lowest BCUT2D eigenvalue weighted by molar-refractivity contribution is 0.296. The highest BCUT2D eigenvalue weighted by molar-refractivity contribution is 5.85. The van der Waals surface area contributed by atoms with Gasteiger partial charge in [-0.1, -0.05) is 32.9 Å². The van der Waals surface area contributed by atoms with Crippen LogP contribution in [0.1, 0.15) is 57.1 Å². The van der Waals surface area contributed by atoms with Crippen LogP contribution in [0.2, 0.25) is 0 Å². The van der Waals surface area contributed by atoms with E-state index < -0.39 is 0 Å². The van der Waals surface area contributed by atoms with Gasteiger partial charge in [-0.15, -0.1) is 12.4 Å². The van der Waals surface area contributed by atoms with E-state index in [0.29, 0.717) is 5.92 Å². The van der Waals surface area contributed by atoms with Crippen molar-refractivity contribution in [3.63, 3.8) is 0 Å². The van der Waals surface area contributed by atoms with Gasteiger partial charge in [-0.05, 0) is 54.7 Å². The van der Waals surface area contributed by atoms with Crippen LogP contribution in [0.5, 0.6) is 5.75 Å². The molecule has 1 aromatic rings. The minimum Gasteiger partial charge on any atom is -0.493 e. The van der Waals surface area contributed by atoms with Crippen molar-refractivity contribution in [2.24, 2.45) is 11.7 Å². The van der Waals surface area contributed by atoms with E-state index in [4.69, 9.17) is 10.5 Å². The van der Waals surface area contributed by atoms with Gasteiger partial charge in [0.1, 0.15) is 5.75 Å². The quantitative estimate of drug-likeness (QED) is 0.814. The summed E-state index contributed by atoms with van der Waals surface area (Å²) < 4.78 is 5.99. The molecule has 0 spiro atoms. The monoisotopic (exact) mass is 297 g/mol. The number of halogens is 1. The Morgan fingerprint density at radius 1 is 1.30 bits per heavy atom. The van der Waals surface area contributed by atoms with Crippen molar-refractivity contribution in [1.82, 2.24) is 0 Å². The molecule has 1 aliphatic rings. The Bertz CT molecular complexity index is 415. The van der Waals surface area contributed by atoms with E-state index in [2.05, 4.69) is 39.0 Å². The number of hydrogen-bond donors (Lipinski definition) is 1. The third-order valence-corrected chi connectivity index (χ3v) is 3.93. The van der Waals surface area contributed by atoms with Crippen molar-refractivity contribution in [1.29, 1.82) is 0 Å². The van der Waals surface area contributed by atoms with Crippen LogP contribution in [-0.2, 0) is 6.42 Å². The molecule has 3 heteroatoms. The summed E-state index contributed by atoms with van der Waals surface area (Å²) in [6, 6.07) is 6.83. The molecule has 1 fully saturated rings. The zero-order valence-electron chi connectivity index (χ0n) is 12.9. The fraction of sp³-hybridized carbons (Fsp3) is 0.647. The SMILES string of the molecule is CCC(N)Cc1cc(C(C)C)ccc1OCC1CC1.Cl. The lowest BCUT2D eigenvalue weighted by Crippen LogP contribution is -2.22. The summed E-state index contributed by atoms with van der Waals surface area (Å²) >= 11 is 0. The number of nitrogens with two attached hydrogens (primary N) is 1. The van der Waals surface area contributed by atoms with E-state index in [9.17, 15) is 0 Å². The van der Waals surface area contributed by atoms with E-state index in [0.717, 1.165) is 31.1 Å². The molecule has 1 aromatic carbocycles. The topological polar surface area (TPSA) is 35.2 Å². The molecule has 1 aliphatic carbocycles. The van der Waals surface area contributed by atoms with Gasteiger partial charge in [0.25, 0.3) is 0 Å². The molecule has 1 atom stereocenters. The van der Waals surface area contributed by atoms with Crippen LogP contribution in [0.15, 0.2) is 18.2 Å². The van der Waals surface area contributed by atoms with Crippen molar-refractivity contribution >= 4 is 12.4 Å². The third kappa shape index (κ3) is 4.99. The first kappa shape index (κ1) is 17.3. The van der Waals surface area contributed by atoms with Gasteiger partial charge in [-0.25, -0.2) is 0 Å². The van der Waals surface area contributed by atoms with E-state index in [1.807, 2.05) is 0 Å². The first-order valence-electron chi connectivity index (χ1n) is 7.61. The standard InChI is InChI=1S/C17H27NO.ClH/c1-4-16(18)10-15-9-14(12(2)3)7-8-17(15)19-11-13-5-6-13;/h7-9,12-13,16H,4-6,10-11,18H2,1-3H3;1H. The van der Waals surface area contributed by atoms with Crippen molar-refractivity contribution in [2.45, 2.75) is 58.4 Å². The smallest absolute Gasteiger partial charge is 0.122 e. The first-order chi connectivity index (χ1) is 9.10. The number of rotatable bonds is 7. The lowest BCUT2D eigenvalue weighted by Gasteiger charge is -2.17. The number of hydrogen-bond acceptors (Lipinski definition) is 2.